The van der Waals surface area contributed by atoms with Crippen molar-refractivity contribution in [1.29, 1.82) is 0 Å². The first-order valence-electron chi connectivity index (χ1n) is 6.69. The zero-order chi connectivity index (χ0) is 13.5. The molecule has 4 nitrogen and oxygen atoms in total. The number of nitrogens with one attached hydrogen (secondary N) is 2. The third-order valence-corrected chi connectivity index (χ3v) is 4.07. The molecule has 1 saturated heterocycles. The Morgan fingerprint density at radius 1 is 1.44 bits per heavy atom. The van der Waals surface area contributed by atoms with Crippen molar-refractivity contribution in [3.63, 3.8) is 0 Å². The zero-order valence-electron chi connectivity index (χ0n) is 11.9. The molecule has 0 bridgehead atoms. The lowest BCUT2D eigenvalue weighted by atomic mass is 9.93. The molecule has 5 heteroatoms. The molecule has 0 aromatic rings. The van der Waals surface area contributed by atoms with Gasteiger partial charge in [-0.05, 0) is 25.5 Å². The summed E-state index contributed by atoms with van der Waals surface area (Å²) >= 11 is 1.74. The highest BCUT2D eigenvalue weighted by atomic mass is 32.2. The number of hydrogen-bond acceptors (Lipinski definition) is 3. The molecule has 0 aromatic heterocycles. The maximum atomic E-state index is 11.7. The molecular weight excluding hydrogens is 248 g/mol. The molecule has 0 unspecified atom stereocenters. The van der Waals surface area contributed by atoms with Crippen molar-refractivity contribution < 1.29 is 9.53 Å². The highest BCUT2D eigenvalue weighted by molar-refractivity contribution is 7.98. The van der Waals surface area contributed by atoms with E-state index in [9.17, 15) is 4.79 Å². The molecule has 0 spiro atoms. The predicted molar refractivity (Wildman–Crippen MR) is 77.1 cm³/mol. The minimum atomic E-state index is -0.0639. The third-order valence-electron chi connectivity index (χ3n) is 3.24. The van der Waals surface area contributed by atoms with E-state index in [0.29, 0.717) is 18.4 Å². The number of carbonyl (C=O) groups excluding carboxylic acids is 1. The van der Waals surface area contributed by atoms with Gasteiger partial charge in [-0.3, -0.25) is 0 Å². The average molecular weight is 274 g/mol. The number of ether oxygens (including phenoxy) is 1. The summed E-state index contributed by atoms with van der Waals surface area (Å²) in [6.07, 6.45) is 3.37. The van der Waals surface area contributed by atoms with Gasteiger partial charge < -0.3 is 15.4 Å². The Labute approximate surface area is 115 Å². The third kappa shape index (κ3) is 5.06. The van der Waals surface area contributed by atoms with E-state index in [1.165, 1.54) is 0 Å². The molecular formula is C13H26N2O2S. The van der Waals surface area contributed by atoms with Crippen LogP contribution in [0.5, 0.6) is 0 Å². The van der Waals surface area contributed by atoms with E-state index in [0.717, 1.165) is 18.8 Å². The number of rotatable bonds is 6. The van der Waals surface area contributed by atoms with Crippen molar-refractivity contribution in [1.82, 2.24) is 10.6 Å². The molecule has 0 saturated carbocycles. The molecule has 1 aliphatic heterocycles. The van der Waals surface area contributed by atoms with E-state index in [2.05, 4.69) is 24.5 Å². The van der Waals surface area contributed by atoms with Crippen LogP contribution in [0.4, 0.5) is 4.79 Å². The lowest BCUT2D eigenvalue weighted by molar-refractivity contribution is 0.0545. The van der Waals surface area contributed by atoms with Crippen LogP contribution >= 0.6 is 11.8 Å². The van der Waals surface area contributed by atoms with Gasteiger partial charge in [0, 0.05) is 30.9 Å². The summed E-state index contributed by atoms with van der Waals surface area (Å²) in [5.74, 6) is 1.90. The quantitative estimate of drug-likeness (QED) is 0.780. The van der Waals surface area contributed by atoms with Crippen molar-refractivity contribution >= 4 is 17.8 Å². The normalized spacial score (nSPS) is 25.2. The summed E-state index contributed by atoms with van der Waals surface area (Å²) in [5.41, 5.74) is 0. The summed E-state index contributed by atoms with van der Waals surface area (Å²) in [6.45, 7) is 7.89. The molecule has 1 fully saturated rings. The second-order valence-electron chi connectivity index (χ2n) is 5.34. The number of carbonyl (C=O) groups is 1. The van der Waals surface area contributed by atoms with Gasteiger partial charge in [0.2, 0.25) is 0 Å². The van der Waals surface area contributed by atoms with Gasteiger partial charge >= 0.3 is 6.03 Å². The minimum Gasteiger partial charge on any atom is -0.378 e. The highest BCUT2D eigenvalue weighted by Crippen LogP contribution is 2.25. The largest absolute Gasteiger partial charge is 0.378 e. The van der Waals surface area contributed by atoms with Crippen molar-refractivity contribution in [3.05, 3.63) is 0 Å². The molecule has 1 heterocycles. The predicted octanol–water partition coefficient (Wildman–Crippen LogP) is 2.10. The zero-order valence-corrected chi connectivity index (χ0v) is 12.7. The topological polar surface area (TPSA) is 50.4 Å². The van der Waals surface area contributed by atoms with E-state index in [-0.39, 0.29) is 18.2 Å². The van der Waals surface area contributed by atoms with E-state index in [4.69, 9.17) is 4.74 Å². The first-order valence-corrected chi connectivity index (χ1v) is 8.08. The number of urea groups is 1. The minimum absolute atomic E-state index is 0.0639. The molecule has 2 amide bonds. The standard InChI is InChI=1S/C13H26N2O2S/c1-9(2)12-11(5-6-17-12)7-14-13(16)15-10(3)8-18-4/h9-12H,5-8H2,1-4H3,(H2,14,15,16)/t10-,11-,12-/m0/s1. The van der Waals surface area contributed by atoms with Crippen LogP contribution in [0.3, 0.4) is 0 Å². The van der Waals surface area contributed by atoms with Crippen molar-refractivity contribution in [3.8, 4) is 0 Å². The molecule has 0 aliphatic carbocycles. The monoisotopic (exact) mass is 274 g/mol. The van der Waals surface area contributed by atoms with Crippen LogP contribution < -0.4 is 10.6 Å². The van der Waals surface area contributed by atoms with Crippen LogP contribution in [0.1, 0.15) is 27.2 Å². The second kappa shape index (κ2) is 7.89. The maximum absolute atomic E-state index is 11.7. The Morgan fingerprint density at radius 2 is 2.17 bits per heavy atom. The van der Waals surface area contributed by atoms with E-state index < -0.39 is 0 Å². The maximum Gasteiger partial charge on any atom is 0.315 e. The van der Waals surface area contributed by atoms with Crippen molar-refractivity contribution in [2.45, 2.75) is 39.3 Å². The molecule has 1 aliphatic rings. The van der Waals surface area contributed by atoms with E-state index in [1.54, 1.807) is 11.8 Å². The van der Waals surface area contributed by atoms with Gasteiger partial charge in [0.1, 0.15) is 0 Å². The Bertz CT molecular complexity index is 261. The molecule has 1 rings (SSSR count). The van der Waals surface area contributed by atoms with E-state index in [1.807, 2.05) is 13.2 Å². The molecule has 0 radical (unpaired) electrons. The van der Waals surface area contributed by atoms with Gasteiger partial charge in [-0.2, -0.15) is 11.8 Å². The molecule has 18 heavy (non-hydrogen) atoms. The summed E-state index contributed by atoms with van der Waals surface area (Å²) in [6, 6.07) is 0.145. The van der Waals surface area contributed by atoms with Crippen LogP contribution in [0.2, 0.25) is 0 Å². The SMILES string of the molecule is CSC[C@H](C)NC(=O)NC[C@@H]1CCO[C@H]1C(C)C. The van der Waals surface area contributed by atoms with Crippen molar-refractivity contribution in [2.24, 2.45) is 11.8 Å². The fraction of sp³-hybridized carbons (Fsp3) is 0.923. The first kappa shape index (κ1) is 15.6. The smallest absolute Gasteiger partial charge is 0.315 e. The number of amides is 2. The molecule has 2 N–H and O–H groups in total. The summed E-state index contributed by atoms with van der Waals surface area (Å²) in [5, 5.41) is 5.90. The fourth-order valence-corrected chi connectivity index (χ4v) is 2.98. The van der Waals surface area contributed by atoms with Crippen molar-refractivity contribution in [2.75, 3.05) is 25.2 Å². The average Bonchev–Trinajstić information content (AvgIpc) is 2.74. The van der Waals surface area contributed by atoms with Crippen LogP contribution in [-0.2, 0) is 4.74 Å². The van der Waals surface area contributed by atoms with Crippen LogP contribution in [0, 0.1) is 11.8 Å². The van der Waals surface area contributed by atoms with Gasteiger partial charge in [0.05, 0.1) is 6.10 Å². The Hall–Kier alpha value is -0.420. The second-order valence-corrected chi connectivity index (χ2v) is 6.25. The van der Waals surface area contributed by atoms with Gasteiger partial charge in [0.25, 0.3) is 0 Å². The number of hydrogen-bond donors (Lipinski definition) is 2. The highest BCUT2D eigenvalue weighted by Gasteiger charge is 2.30. The van der Waals surface area contributed by atoms with Gasteiger partial charge in [0.15, 0.2) is 0 Å². The van der Waals surface area contributed by atoms with Crippen LogP contribution in [-0.4, -0.2) is 43.3 Å². The van der Waals surface area contributed by atoms with Gasteiger partial charge in [-0.15, -0.1) is 0 Å². The lowest BCUT2D eigenvalue weighted by Gasteiger charge is -2.22. The summed E-state index contributed by atoms with van der Waals surface area (Å²) in [7, 11) is 0. The Morgan fingerprint density at radius 3 is 2.78 bits per heavy atom. The Kier molecular flexibility index (Phi) is 6.86. The van der Waals surface area contributed by atoms with E-state index >= 15 is 0 Å². The van der Waals surface area contributed by atoms with Gasteiger partial charge in [-0.1, -0.05) is 13.8 Å². The van der Waals surface area contributed by atoms with Gasteiger partial charge in [-0.25, -0.2) is 4.79 Å². The molecule has 106 valence electrons. The number of thioether (sulfide) groups is 1. The summed E-state index contributed by atoms with van der Waals surface area (Å²) in [4.78, 5) is 11.7. The Balaban J connectivity index is 2.25. The molecule has 0 aromatic carbocycles. The first-order chi connectivity index (χ1) is 8.54. The van der Waals surface area contributed by atoms with Crippen LogP contribution in [0.25, 0.3) is 0 Å². The van der Waals surface area contributed by atoms with Crippen LogP contribution in [0.15, 0.2) is 0 Å². The fourth-order valence-electron chi connectivity index (χ4n) is 2.40. The lowest BCUT2D eigenvalue weighted by Crippen LogP contribution is -2.44. The molecule has 3 atom stereocenters. The summed E-state index contributed by atoms with van der Waals surface area (Å²) < 4.78 is 5.70.